The van der Waals surface area contributed by atoms with Gasteiger partial charge in [-0.15, -0.1) is 0 Å². The van der Waals surface area contributed by atoms with Gasteiger partial charge in [-0.2, -0.15) is 0 Å². The van der Waals surface area contributed by atoms with E-state index in [-0.39, 0.29) is 11.9 Å². The van der Waals surface area contributed by atoms with E-state index in [9.17, 15) is 4.79 Å². The van der Waals surface area contributed by atoms with E-state index in [1.54, 1.807) is 50.9 Å². The molecule has 1 heterocycles. The maximum atomic E-state index is 12.8. The summed E-state index contributed by atoms with van der Waals surface area (Å²) in [5.74, 6) is 1.17. The Labute approximate surface area is 152 Å². The van der Waals surface area contributed by atoms with Crippen LogP contribution in [0, 0.1) is 0 Å². The number of methoxy groups -OCH3 is 2. The van der Waals surface area contributed by atoms with Crippen LogP contribution in [0.5, 0.6) is 11.5 Å². The lowest BCUT2D eigenvalue weighted by Gasteiger charge is -2.20. The molecule has 0 bridgehead atoms. The highest BCUT2D eigenvalue weighted by Gasteiger charge is 2.19. The second-order valence-corrected chi connectivity index (χ2v) is 5.70. The first kappa shape index (κ1) is 17.5. The van der Waals surface area contributed by atoms with Crippen molar-refractivity contribution in [2.24, 2.45) is 0 Å². The summed E-state index contributed by atoms with van der Waals surface area (Å²) in [5.41, 5.74) is 2.33. The quantitative estimate of drug-likeness (QED) is 0.739. The number of hydrogen-bond donors (Lipinski definition) is 1. The number of nitrogens with zero attached hydrogens (tertiary/aromatic N) is 1. The van der Waals surface area contributed by atoms with Crippen molar-refractivity contribution in [3.63, 3.8) is 0 Å². The van der Waals surface area contributed by atoms with Crippen molar-refractivity contribution in [3.8, 4) is 11.5 Å². The van der Waals surface area contributed by atoms with E-state index >= 15 is 0 Å². The van der Waals surface area contributed by atoms with Crippen LogP contribution in [0.4, 0.5) is 0 Å². The van der Waals surface area contributed by atoms with Crippen LogP contribution < -0.4 is 14.8 Å². The maximum Gasteiger partial charge on any atom is 0.252 e. The molecule has 5 heteroatoms. The third-order valence-corrected chi connectivity index (χ3v) is 4.05. The zero-order valence-electron chi connectivity index (χ0n) is 14.7. The highest BCUT2D eigenvalue weighted by molar-refractivity contribution is 5.95. The van der Waals surface area contributed by atoms with Gasteiger partial charge < -0.3 is 14.8 Å². The molecule has 1 atom stereocenters. The normalized spacial score (nSPS) is 11.5. The zero-order valence-corrected chi connectivity index (χ0v) is 14.7. The molecule has 0 unspecified atom stereocenters. The zero-order chi connectivity index (χ0) is 18.4. The van der Waals surface area contributed by atoms with Gasteiger partial charge in [0.2, 0.25) is 0 Å². The van der Waals surface area contributed by atoms with E-state index in [0.29, 0.717) is 11.3 Å². The summed E-state index contributed by atoms with van der Waals surface area (Å²) in [4.78, 5) is 17.0. The van der Waals surface area contributed by atoms with Crippen molar-refractivity contribution in [3.05, 3.63) is 89.7 Å². The van der Waals surface area contributed by atoms with Crippen LogP contribution in [-0.4, -0.2) is 25.1 Å². The van der Waals surface area contributed by atoms with E-state index in [4.69, 9.17) is 9.47 Å². The molecule has 0 fully saturated rings. The largest absolute Gasteiger partial charge is 0.497 e. The maximum absolute atomic E-state index is 12.8. The Morgan fingerprint density at radius 2 is 1.62 bits per heavy atom. The molecular formula is C21H20N2O3. The van der Waals surface area contributed by atoms with Crippen molar-refractivity contribution in [1.29, 1.82) is 0 Å². The van der Waals surface area contributed by atoms with Crippen molar-refractivity contribution in [1.82, 2.24) is 10.3 Å². The lowest BCUT2D eigenvalue weighted by molar-refractivity contribution is 0.0942. The SMILES string of the molecule is COc1cccc(C(=O)N[C@H](c2cccnc2)c2cccc(OC)c2)c1. The topological polar surface area (TPSA) is 60.5 Å². The molecular weight excluding hydrogens is 328 g/mol. The highest BCUT2D eigenvalue weighted by Crippen LogP contribution is 2.25. The number of carbonyl (C=O) groups excluding carboxylic acids is 1. The number of rotatable bonds is 6. The molecule has 3 aromatic rings. The third kappa shape index (κ3) is 4.00. The van der Waals surface area contributed by atoms with Gasteiger partial charge in [-0.25, -0.2) is 0 Å². The van der Waals surface area contributed by atoms with Crippen molar-refractivity contribution in [2.45, 2.75) is 6.04 Å². The minimum Gasteiger partial charge on any atom is -0.497 e. The fraction of sp³-hybridized carbons (Fsp3) is 0.143. The molecule has 5 nitrogen and oxygen atoms in total. The van der Waals surface area contributed by atoms with E-state index in [0.717, 1.165) is 16.9 Å². The number of nitrogens with one attached hydrogen (secondary N) is 1. The van der Waals surface area contributed by atoms with Gasteiger partial charge in [0, 0.05) is 18.0 Å². The Kier molecular flexibility index (Phi) is 5.49. The van der Waals surface area contributed by atoms with Gasteiger partial charge in [0.1, 0.15) is 11.5 Å². The molecule has 0 aliphatic heterocycles. The fourth-order valence-corrected chi connectivity index (χ4v) is 2.71. The van der Waals surface area contributed by atoms with Crippen LogP contribution in [-0.2, 0) is 0 Å². The summed E-state index contributed by atoms with van der Waals surface area (Å²) in [6, 6.07) is 18.1. The van der Waals surface area contributed by atoms with E-state index in [1.165, 1.54) is 0 Å². The molecule has 0 saturated heterocycles. The average Bonchev–Trinajstić information content (AvgIpc) is 2.72. The Morgan fingerprint density at radius 3 is 2.31 bits per heavy atom. The molecule has 1 N–H and O–H groups in total. The van der Waals surface area contributed by atoms with Crippen LogP contribution in [0.3, 0.4) is 0 Å². The number of amides is 1. The number of aromatic nitrogens is 1. The van der Waals surface area contributed by atoms with Crippen LogP contribution in [0.15, 0.2) is 73.1 Å². The lowest BCUT2D eigenvalue weighted by atomic mass is 9.99. The van der Waals surface area contributed by atoms with Crippen LogP contribution in [0.25, 0.3) is 0 Å². The van der Waals surface area contributed by atoms with Gasteiger partial charge in [-0.1, -0.05) is 24.3 Å². The molecule has 0 aliphatic rings. The van der Waals surface area contributed by atoms with E-state index in [2.05, 4.69) is 10.3 Å². The summed E-state index contributed by atoms with van der Waals surface area (Å²) in [6.07, 6.45) is 3.45. The molecule has 0 spiro atoms. The molecule has 132 valence electrons. The van der Waals surface area contributed by atoms with Gasteiger partial charge in [-0.05, 0) is 47.5 Å². The Balaban J connectivity index is 1.94. The predicted octanol–water partition coefficient (Wildman–Crippen LogP) is 3.62. The first-order valence-electron chi connectivity index (χ1n) is 8.20. The average molecular weight is 348 g/mol. The second-order valence-electron chi connectivity index (χ2n) is 5.70. The molecule has 0 aliphatic carbocycles. The summed E-state index contributed by atoms with van der Waals surface area (Å²) >= 11 is 0. The van der Waals surface area contributed by atoms with E-state index < -0.39 is 0 Å². The Morgan fingerprint density at radius 1 is 0.923 bits per heavy atom. The summed E-state index contributed by atoms with van der Waals surface area (Å²) < 4.78 is 10.5. The first-order valence-corrected chi connectivity index (χ1v) is 8.20. The first-order chi connectivity index (χ1) is 12.7. The van der Waals surface area contributed by atoms with Gasteiger partial charge in [0.15, 0.2) is 0 Å². The van der Waals surface area contributed by atoms with Gasteiger partial charge in [0.05, 0.1) is 20.3 Å². The molecule has 26 heavy (non-hydrogen) atoms. The molecule has 1 amide bonds. The monoisotopic (exact) mass is 348 g/mol. The van der Waals surface area contributed by atoms with Crippen LogP contribution >= 0.6 is 0 Å². The third-order valence-electron chi connectivity index (χ3n) is 4.05. The van der Waals surface area contributed by atoms with Crippen molar-refractivity contribution < 1.29 is 14.3 Å². The number of ether oxygens (including phenoxy) is 2. The molecule has 3 rings (SSSR count). The summed E-state index contributed by atoms with van der Waals surface area (Å²) in [6.45, 7) is 0. The standard InChI is InChI=1S/C21H20N2O3/c1-25-18-9-3-6-15(12-18)20(17-8-5-11-22-14-17)23-21(24)16-7-4-10-19(13-16)26-2/h3-14,20H,1-2H3,(H,23,24)/t20-/m0/s1. The fourth-order valence-electron chi connectivity index (χ4n) is 2.71. The number of benzene rings is 2. The molecule has 0 radical (unpaired) electrons. The Hall–Kier alpha value is -3.34. The minimum absolute atomic E-state index is 0.194. The van der Waals surface area contributed by atoms with Crippen LogP contribution in [0.2, 0.25) is 0 Å². The highest BCUT2D eigenvalue weighted by atomic mass is 16.5. The van der Waals surface area contributed by atoms with Crippen molar-refractivity contribution >= 4 is 5.91 Å². The van der Waals surface area contributed by atoms with Gasteiger partial charge in [0.25, 0.3) is 5.91 Å². The number of pyridine rings is 1. The van der Waals surface area contributed by atoms with Crippen molar-refractivity contribution in [2.75, 3.05) is 14.2 Å². The summed E-state index contributed by atoms with van der Waals surface area (Å²) in [5, 5.41) is 3.08. The second kappa shape index (κ2) is 8.16. The summed E-state index contributed by atoms with van der Waals surface area (Å²) in [7, 11) is 3.19. The van der Waals surface area contributed by atoms with Gasteiger partial charge >= 0.3 is 0 Å². The van der Waals surface area contributed by atoms with E-state index in [1.807, 2.05) is 36.4 Å². The minimum atomic E-state index is -0.350. The smallest absolute Gasteiger partial charge is 0.252 e. The molecule has 2 aromatic carbocycles. The van der Waals surface area contributed by atoms with Gasteiger partial charge in [-0.3, -0.25) is 9.78 Å². The molecule has 0 saturated carbocycles. The predicted molar refractivity (Wildman–Crippen MR) is 99.5 cm³/mol. The molecule has 1 aromatic heterocycles. The Bertz CT molecular complexity index is 881. The lowest BCUT2D eigenvalue weighted by Crippen LogP contribution is -2.29. The number of carbonyl (C=O) groups is 1. The number of hydrogen-bond acceptors (Lipinski definition) is 4. The van der Waals surface area contributed by atoms with Crippen LogP contribution in [0.1, 0.15) is 27.5 Å².